The number of aromatic nitrogens is 1. The molecular formula is C18H19ClN2O3. The number of allylic oxidation sites excluding steroid dienone is 1. The monoisotopic (exact) mass is 346 g/mol. The second-order valence-corrected chi connectivity index (χ2v) is 5.84. The lowest BCUT2D eigenvalue weighted by atomic mass is 10.2. The van der Waals surface area contributed by atoms with Gasteiger partial charge < -0.3 is 14.0 Å². The Morgan fingerprint density at radius 3 is 2.92 bits per heavy atom. The van der Waals surface area contributed by atoms with Crippen molar-refractivity contribution in [3.05, 3.63) is 58.5 Å². The van der Waals surface area contributed by atoms with Gasteiger partial charge in [0.2, 0.25) is 5.90 Å². The summed E-state index contributed by atoms with van der Waals surface area (Å²) in [4.78, 5) is 4.27. The lowest BCUT2D eigenvalue weighted by Crippen LogP contribution is -2.02. The minimum Gasteiger partial charge on any atom is -0.488 e. The van der Waals surface area contributed by atoms with Crippen LogP contribution >= 0.6 is 11.6 Å². The van der Waals surface area contributed by atoms with E-state index in [0.29, 0.717) is 36.4 Å². The highest BCUT2D eigenvalue weighted by molar-refractivity contribution is 6.32. The van der Waals surface area contributed by atoms with Crippen LogP contribution in [-0.4, -0.2) is 30.8 Å². The highest BCUT2D eigenvalue weighted by Crippen LogP contribution is 2.26. The summed E-state index contributed by atoms with van der Waals surface area (Å²) in [6.45, 7) is 3.70. The minimum atomic E-state index is 0.464. The van der Waals surface area contributed by atoms with Gasteiger partial charge in [0.05, 0.1) is 17.3 Å². The molecule has 0 atom stereocenters. The van der Waals surface area contributed by atoms with Crippen LogP contribution in [-0.2, 0) is 11.2 Å². The van der Waals surface area contributed by atoms with E-state index in [0.717, 1.165) is 29.9 Å². The van der Waals surface area contributed by atoms with Gasteiger partial charge in [0.15, 0.2) is 0 Å². The van der Waals surface area contributed by atoms with E-state index < -0.39 is 0 Å². The van der Waals surface area contributed by atoms with Crippen molar-refractivity contribution in [3.8, 4) is 5.75 Å². The number of ether oxygens (including phenoxy) is 2. The molecule has 2 heterocycles. The Hall–Kier alpha value is -2.27. The molecule has 0 bridgehead atoms. The van der Waals surface area contributed by atoms with E-state index in [9.17, 15) is 0 Å². The second-order valence-electron chi connectivity index (χ2n) is 5.44. The Morgan fingerprint density at radius 2 is 2.21 bits per heavy atom. The SMILES string of the molecule is Cc1cc(CCC=CCOc2ccc(C3=NCCO3)cc2Cl)on1. The van der Waals surface area contributed by atoms with E-state index in [1.807, 2.05) is 37.3 Å². The van der Waals surface area contributed by atoms with Gasteiger partial charge in [-0.05, 0) is 31.5 Å². The zero-order chi connectivity index (χ0) is 16.8. The first-order valence-electron chi connectivity index (χ1n) is 7.89. The van der Waals surface area contributed by atoms with Crippen LogP contribution in [0.15, 0.2) is 45.9 Å². The molecule has 6 heteroatoms. The molecule has 1 aromatic heterocycles. The lowest BCUT2D eigenvalue weighted by molar-refractivity contribution is 0.348. The van der Waals surface area contributed by atoms with Crippen molar-refractivity contribution < 1.29 is 14.0 Å². The third kappa shape index (κ3) is 4.38. The molecule has 0 N–H and O–H groups in total. The smallest absolute Gasteiger partial charge is 0.216 e. The summed E-state index contributed by atoms with van der Waals surface area (Å²) in [5, 5.41) is 4.41. The normalized spacial score (nSPS) is 14.0. The van der Waals surface area contributed by atoms with Crippen LogP contribution in [0.5, 0.6) is 5.75 Å². The Morgan fingerprint density at radius 1 is 1.29 bits per heavy atom. The van der Waals surface area contributed by atoms with Crippen molar-refractivity contribution >= 4 is 17.5 Å². The van der Waals surface area contributed by atoms with Crippen LogP contribution in [0, 0.1) is 6.92 Å². The molecule has 0 amide bonds. The second kappa shape index (κ2) is 8.02. The zero-order valence-electron chi connectivity index (χ0n) is 13.5. The van der Waals surface area contributed by atoms with Crippen LogP contribution in [0.1, 0.15) is 23.4 Å². The molecule has 1 aromatic carbocycles. The van der Waals surface area contributed by atoms with Crippen molar-refractivity contribution in [1.29, 1.82) is 0 Å². The lowest BCUT2D eigenvalue weighted by Gasteiger charge is -2.08. The maximum atomic E-state index is 6.25. The summed E-state index contributed by atoms with van der Waals surface area (Å²) >= 11 is 6.25. The van der Waals surface area contributed by atoms with Crippen molar-refractivity contribution in [2.24, 2.45) is 4.99 Å². The molecule has 5 nitrogen and oxygen atoms in total. The molecule has 0 fully saturated rings. The standard InChI is InChI=1S/C18H19ClN2O3/c1-13-11-15(24-21-13)5-3-2-4-9-22-17-7-6-14(12-16(17)19)18-20-8-10-23-18/h2,4,6-7,11-12H,3,5,8-10H2,1H3. The van der Waals surface area contributed by atoms with E-state index in [-0.39, 0.29) is 0 Å². The minimum absolute atomic E-state index is 0.464. The number of rotatable bonds is 7. The van der Waals surface area contributed by atoms with Crippen LogP contribution in [0.4, 0.5) is 0 Å². The zero-order valence-corrected chi connectivity index (χ0v) is 14.3. The van der Waals surface area contributed by atoms with Gasteiger partial charge in [0.1, 0.15) is 24.7 Å². The van der Waals surface area contributed by atoms with Crippen molar-refractivity contribution in [2.45, 2.75) is 19.8 Å². The summed E-state index contributed by atoms with van der Waals surface area (Å²) in [5.41, 5.74) is 1.78. The molecule has 126 valence electrons. The average Bonchev–Trinajstić information content (AvgIpc) is 3.23. The number of benzene rings is 1. The van der Waals surface area contributed by atoms with Crippen LogP contribution in [0.2, 0.25) is 5.02 Å². The fourth-order valence-electron chi connectivity index (χ4n) is 2.34. The molecule has 0 saturated heterocycles. The van der Waals surface area contributed by atoms with Gasteiger partial charge in [-0.2, -0.15) is 0 Å². The number of aryl methyl sites for hydroxylation is 2. The predicted octanol–water partition coefficient (Wildman–Crippen LogP) is 3.98. The van der Waals surface area contributed by atoms with Crippen LogP contribution in [0.25, 0.3) is 0 Å². The Balaban J connectivity index is 1.45. The quantitative estimate of drug-likeness (QED) is 0.711. The molecule has 0 unspecified atom stereocenters. The third-order valence-electron chi connectivity index (χ3n) is 3.50. The summed E-state index contributed by atoms with van der Waals surface area (Å²) in [6, 6.07) is 7.51. The molecule has 0 aliphatic carbocycles. The number of hydrogen-bond acceptors (Lipinski definition) is 5. The van der Waals surface area contributed by atoms with Gasteiger partial charge in [-0.15, -0.1) is 0 Å². The van der Waals surface area contributed by atoms with E-state index >= 15 is 0 Å². The number of hydrogen-bond donors (Lipinski definition) is 0. The Kier molecular flexibility index (Phi) is 5.54. The van der Waals surface area contributed by atoms with E-state index in [4.69, 9.17) is 25.6 Å². The van der Waals surface area contributed by atoms with Crippen molar-refractivity contribution in [1.82, 2.24) is 5.16 Å². The molecule has 0 radical (unpaired) electrons. The number of nitrogens with zero attached hydrogens (tertiary/aromatic N) is 2. The van der Waals surface area contributed by atoms with E-state index in [1.165, 1.54) is 0 Å². The fraction of sp³-hybridized carbons (Fsp3) is 0.333. The number of aliphatic imine (C=N–C) groups is 1. The molecule has 3 rings (SSSR count). The summed E-state index contributed by atoms with van der Waals surface area (Å²) in [6.07, 6.45) is 5.73. The summed E-state index contributed by atoms with van der Waals surface area (Å²) < 4.78 is 16.3. The molecule has 0 spiro atoms. The average molecular weight is 347 g/mol. The molecular weight excluding hydrogens is 328 g/mol. The fourth-order valence-corrected chi connectivity index (χ4v) is 2.58. The third-order valence-corrected chi connectivity index (χ3v) is 3.80. The summed E-state index contributed by atoms with van der Waals surface area (Å²) in [5.74, 6) is 2.19. The van der Waals surface area contributed by atoms with Crippen LogP contribution in [0.3, 0.4) is 0 Å². The van der Waals surface area contributed by atoms with Gasteiger partial charge in [-0.3, -0.25) is 0 Å². The first kappa shape index (κ1) is 16.6. The highest BCUT2D eigenvalue weighted by Gasteiger charge is 2.12. The van der Waals surface area contributed by atoms with Gasteiger partial charge >= 0.3 is 0 Å². The Bertz CT molecular complexity index is 752. The van der Waals surface area contributed by atoms with Crippen molar-refractivity contribution in [3.63, 3.8) is 0 Å². The largest absolute Gasteiger partial charge is 0.488 e. The molecule has 2 aromatic rings. The van der Waals surface area contributed by atoms with Gasteiger partial charge in [0, 0.05) is 18.1 Å². The first-order valence-corrected chi connectivity index (χ1v) is 8.27. The molecule has 1 aliphatic heterocycles. The van der Waals surface area contributed by atoms with E-state index in [2.05, 4.69) is 16.2 Å². The highest BCUT2D eigenvalue weighted by atomic mass is 35.5. The van der Waals surface area contributed by atoms with Gasteiger partial charge in [-0.1, -0.05) is 28.9 Å². The van der Waals surface area contributed by atoms with Crippen LogP contribution < -0.4 is 4.74 Å². The Labute approximate surface area is 145 Å². The van der Waals surface area contributed by atoms with E-state index in [1.54, 1.807) is 0 Å². The molecule has 0 saturated carbocycles. The maximum absolute atomic E-state index is 6.25. The molecule has 1 aliphatic rings. The van der Waals surface area contributed by atoms with Crippen molar-refractivity contribution in [2.75, 3.05) is 19.8 Å². The topological polar surface area (TPSA) is 56.9 Å². The van der Waals surface area contributed by atoms with Gasteiger partial charge in [0.25, 0.3) is 0 Å². The maximum Gasteiger partial charge on any atom is 0.216 e. The first-order chi connectivity index (χ1) is 11.7. The predicted molar refractivity (Wildman–Crippen MR) is 93.0 cm³/mol. The summed E-state index contributed by atoms with van der Waals surface area (Å²) in [7, 11) is 0. The van der Waals surface area contributed by atoms with Gasteiger partial charge in [-0.25, -0.2) is 4.99 Å². The number of halogens is 1. The molecule has 24 heavy (non-hydrogen) atoms.